The molecule has 2 aromatic carbocycles. The van der Waals surface area contributed by atoms with Crippen molar-refractivity contribution in [2.45, 2.75) is 131 Å². The normalized spacial score (nSPS) is 12.9. The minimum Gasteiger partial charge on any atom is -0.458 e. The Morgan fingerprint density at radius 2 is 1.43 bits per heavy atom. The van der Waals surface area contributed by atoms with Gasteiger partial charge in [0.1, 0.15) is 29.8 Å². The Hall–Kier alpha value is -3.88. The summed E-state index contributed by atoms with van der Waals surface area (Å²) >= 11 is 0. The van der Waals surface area contributed by atoms with E-state index in [1.54, 1.807) is 41.5 Å². The summed E-state index contributed by atoms with van der Waals surface area (Å²) in [7, 11) is 0. The number of nitrogens with zero attached hydrogens (tertiary/aromatic N) is 1. The van der Waals surface area contributed by atoms with Gasteiger partial charge >= 0.3 is 12.1 Å². The number of aryl methyl sites for hydroxylation is 2. The van der Waals surface area contributed by atoms with Crippen LogP contribution in [0.1, 0.15) is 115 Å². The van der Waals surface area contributed by atoms with Gasteiger partial charge in [-0.1, -0.05) is 93.1 Å². The fraction of sp³-hybridized carbons (Fsp3) is 0.579. The minimum absolute atomic E-state index is 0.215. The molecule has 260 valence electrons. The highest BCUT2D eigenvalue weighted by atomic mass is 16.6. The van der Waals surface area contributed by atoms with E-state index < -0.39 is 47.2 Å². The third-order valence-corrected chi connectivity index (χ3v) is 7.44. The van der Waals surface area contributed by atoms with Crippen LogP contribution < -0.4 is 10.6 Å². The molecule has 2 atom stereocenters. The molecule has 0 fully saturated rings. The summed E-state index contributed by atoms with van der Waals surface area (Å²) in [6.45, 7) is 16.5. The smallest absolute Gasteiger partial charge is 0.408 e. The average molecular weight is 652 g/mol. The third-order valence-electron chi connectivity index (χ3n) is 7.44. The highest BCUT2D eigenvalue weighted by molar-refractivity contribution is 5.93. The van der Waals surface area contributed by atoms with Crippen molar-refractivity contribution in [3.05, 3.63) is 70.8 Å². The molecule has 0 saturated carbocycles. The highest BCUT2D eigenvalue weighted by Crippen LogP contribution is 2.27. The van der Waals surface area contributed by atoms with Gasteiger partial charge in [0, 0.05) is 13.0 Å². The first-order valence-electron chi connectivity index (χ1n) is 16.9. The first-order chi connectivity index (χ1) is 22.0. The van der Waals surface area contributed by atoms with E-state index in [0.29, 0.717) is 18.5 Å². The van der Waals surface area contributed by atoms with Gasteiger partial charge in [-0.25, -0.2) is 9.59 Å². The van der Waals surface area contributed by atoms with Crippen LogP contribution >= 0.6 is 0 Å². The van der Waals surface area contributed by atoms with Gasteiger partial charge in [0.05, 0.1) is 0 Å². The summed E-state index contributed by atoms with van der Waals surface area (Å²) in [6, 6.07) is 13.2. The second-order valence-corrected chi connectivity index (χ2v) is 14.3. The zero-order valence-corrected chi connectivity index (χ0v) is 30.0. The molecule has 0 saturated heterocycles. The molecule has 2 rings (SSSR count). The monoisotopic (exact) mass is 651 g/mol. The maximum absolute atomic E-state index is 14.5. The number of unbranched alkanes of at least 4 members (excludes halogenated alkanes) is 5. The maximum atomic E-state index is 14.5. The maximum Gasteiger partial charge on any atom is 0.408 e. The van der Waals surface area contributed by atoms with Gasteiger partial charge in [-0.3, -0.25) is 9.59 Å². The Balaban J connectivity index is 2.52. The standard InChI is InChI=1S/C38H57N3O6/c1-10-11-12-13-14-18-23-41(32(42)26-39-36(45)47-38(7,8)9)33(30-24-27(2)21-22-28(30)3)34(43)40-31(35(44)46-37(4,5)6)25-29-19-16-15-17-20-29/h15-17,19-22,24,31,33H,10-14,18,23,25-26H2,1-9H3,(H,39,45)(H,40,43). The van der Waals surface area contributed by atoms with Gasteiger partial charge < -0.3 is 25.0 Å². The Morgan fingerprint density at radius 1 is 0.809 bits per heavy atom. The number of hydrogen-bond donors (Lipinski definition) is 2. The zero-order valence-electron chi connectivity index (χ0n) is 30.0. The molecule has 0 aliphatic heterocycles. The number of alkyl carbamates (subject to hydrolysis) is 1. The van der Waals surface area contributed by atoms with Crippen LogP contribution in [-0.4, -0.2) is 59.1 Å². The number of carbonyl (C=O) groups excluding carboxylic acids is 4. The molecule has 2 unspecified atom stereocenters. The number of esters is 1. The van der Waals surface area contributed by atoms with Gasteiger partial charge in [0.2, 0.25) is 11.8 Å². The van der Waals surface area contributed by atoms with Crippen LogP contribution in [-0.2, 0) is 30.3 Å². The molecular weight excluding hydrogens is 594 g/mol. The van der Waals surface area contributed by atoms with Crippen molar-refractivity contribution >= 4 is 23.9 Å². The van der Waals surface area contributed by atoms with Gasteiger partial charge in [-0.15, -0.1) is 0 Å². The van der Waals surface area contributed by atoms with E-state index in [-0.39, 0.29) is 13.0 Å². The second-order valence-electron chi connectivity index (χ2n) is 14.3. The Labute approximate surface area is 282 Å². The molecular formula is C38H57N3O6. The van der Waals surface area contributed by atoms with Crippen molar-refractivity contribution in [1.29, 1.82) is 0 Å². The van der Waals surface area contributed by atoms with Crippen molar-refractivity contribution < 1.29 is 28.7 Å². The Bertz CT molecular complexity index is 1310. The lowest BCUT2D eigenvalue weighted by atomic mass is 9.95. The lowest BCUT2D eigenvalue weighted by molar-refractivity contribution is -0.159. The summed E-state index contributed by atoms with van der Waals surface area (Å²) in [5, 5.41) is 5.53. The molecule has 47 heavy (non-hydrogen) atoms. The molecule has 0 aliphatic carbocycles. The van der Waals surface area contributed by atoms with Crippen LogP contribution in [0.15, 0.2) is 48.5 Å². The molecule has 0 bridgehead atoms. The molecule has 0 aliphatic rings. The largest absolute Gasteiger partial charge is 0.458 e. The number of ether oxygens (including phenoxy) is 2. The second kappa shape index (κ2) is 18.5. The number of rotatable bonds is 16. The van der Waals surface area contributed by atoms with Crippen molar-refractivity contribution in [2.75, 3.05) is 13.1 Å². The lowest BCUT2D eigenvalue weighted by Crippen LogP contribution is -2.52. The average Bonchev–Trinajstić information content (AvgIpc) is 2.97. The predicted octanol–water partition coefficient (Wildman–Crippen LogP) is 7.13. The Morgan fingerprint density at radius 3 is 2.04 bits per heavy atom. The molecule has 0 spiro atoms. The molecule has 0 heterocycles. The van der Waals surface area contributed by atoms with Crippen molar-refractivity contribution in [1.82, 2.24) is 15.5 Å². The Kier molecular flexibility index (Phi) is 15.4. The molecule has 9 nitrogen and oxygen atoms in total. The first-order valence-corrected chi connectivity index (χ1v) is 16.9. The van der Waals surface area contributed by atoms with Crippen LogP contribution in [0.3, 0.4) is 0 Å². The fourth-order valence-corrected chi connectivity index (χ4v) is 5.20. The van der Waals surface area contributed by atoms with E-state index in [1.807, 2.05) is 62.4 Å². The molecule has 2 aromatic rings. The van der Waals surface area contributed by atoms with E-state index in [0.717, 1.165) is 48.8 Å². The number of hydrogen-bond acceptors (Lipinski definition) is 6. The topological polar surface area (TPSA) is 114 Å². The third kappa shape index (κ3) is 14.6. The van der Waals surface area contributed by atoms with Crippen molar-refractivity contribution in [3.63, 3.8) is 0 Å². The quantitative estimate of drug-likeness (QED) is 0.148. The van der Waals surface area contributed by atoms with Crippen molar-refractivity contribution in [2.24, 2.45) is 0 Å². The van der Waals surface area contributed by atoms with Gasteiger partial charge in [0.25, 0.3) is 0 Å². The molecule has 3 amide bonds. The van der Waals surface area contributed by atoms with Crippen LogP contribution in [0.5, 0.6) is 0 Å². The minimum atomic E-state index is -1.06. The zero-order chi connectivity index (χ0) is 35.2. The van der Waals surface area contributed by atoms with Crippen LogP contribution in [0.2, 0.25) is 0 Å². The van der Waals surface area contributed by atoms with E-state index in [1.165, 1.54) is 4.90 Å². The van der Waals surface area contributed by atoms with Crippen molar-refractivity contribution in [3.8, 4) is 0 Å². The number of benzene rings is 2. The lowest BCUT2D eigenvalue weighted by Gasteiger charge is -2.34. The summed E-state index contributed by atoms with van der Waals surface area (Å²) in [6.07, 6.45) is 5.45. The number of carbonyl (C=O) groups is 4. The number of nitrogens with one attached hydrogen (secondary N) is 2. The highest BCUT2D eigenvalue weighted by Gasteiger charge is 2.36. The SMILES string of the molecule is CCCCCCCCN(C(=O)CNC(=O)OC(C)(C)C)C(C(=O)NC(Cc1ccccc1)C(=O)OC(C)(C)C)c1cc(C)ccc1C. The summed E-state index contributed by atoms with van der Waals surface area (Å²) in [5.41, 5.74) is 1.76. The van der Waals surface area contributed by atoms with Crippen LogP contribution in [0.25, 0.3) is 0 Å². The van der Waals surface area contributed by atoms with E-state index >= 15 is 0 Å². The molecule has 0 radical (unpaired) electrons. The molecule has 2 N–H and O–H groups in total. The van der Waals surface area contributed by atoms with E-state index in [9.17, 15) is 19.2 Å². The van der Waals surface area contributed by atoms with Gasteiger partial charge in [-0.05, 0) is 78.5 Å². The summed E-state index contributed by atoms with van der Waals surface area (Å²) in [5.74, 6) is -1.49. The first kappa shape index (κ1) is 39.3. The fourth-order valence-electron chi connectivity index (χ4n) is 5.20. The van der Waals surface area contributed by atoms with Crippen LogP contribution in [0, 0.1) is 13.8 Å². The molecule has 9 heteroatoms. The number of amides is 3. The summed E-state index contributed by atoms with van der Waals surface area (Å²) < 4.78 is 11.1. The predicted molar refractivity (Wildman–Crippen MR) is 186 cm³/mol. The van der Waals surface area contributed by atoms with E-state index in [2.05, 4.69) is 17.6 Å². The van der Waals surface area contributed by atoms with Gasteiger partial charge in [0.15, 0.2) is 0 Å². The summed E-state index contributed by atoms with van der Waals surface area (Å²) in [4.78, 5) is 56.0. The van der Waals surface area contributed by atoms with E-state index in [4.69, 9.17) is 9.47 Å². The molecule has 0 aromatic heterocycles. The van der Waals surface area contributed by atoms with Crippen LogP contribution in [0.4, 0.5) is 4.79 Å². The van der Waals surface area contributed by atoms with Gasteiger partial charge in [-0.2, -0.15) is 0 Å².